The Bertz CT molecular complexity index is 761. The third-order valence-corrected chi connectivity index (χ3v) is 6.73. The van der Waals surface area contributed by atoms with Crippen LogP contribution in [0.25, 0.3) is 0 Å². The van der Waals surface area contributed by atoms with Gasteiger partial charge < -0.3 is 10.5 Å². The third kappa shape index (κ3) is 2.80. The zero-order chi connectivity index (χ0) is 16.5. The van der Waals surface area contributed by atoms with Crippen LogP contribution in [0.5, 0.6) is 0 Å². The predicted molar refractivity (Wildman–Crippen MR) is 90.0 cm³/mol. The summed E-state index contributed by atoms with van der Waals surface area (Å²) in [6, 6.07) is 18.1. The first kappa shape index (κ1) is 16.2. The van der Waals surface area contributed by atoms with Gasteiger partial charge >= 0.3 is 0 Å². The smallest absolute Gasteiger partial charge is 0.183 e. The second-order valence-corrected chi connectivity index (χ2v) is 7.99. The molecule has 5 heteroatoms. The Kier molecular flexibility index (Phi) is 4.27. The summed E-state index contributed by atoms with van der Waals surface area (Å²) in [7, 11) is -3.51. The fourth-order valence-electron chi connectivity index (χ4n) is 3.24. The van der Waals surface area contributed by atoms with Crippen molar-refractivity contribution in [1.29, 1.82) is 0 Å². The summed E-state index contributed by atoms with van der Waals surface area (Å²) >= 11 is 0. The fraction of sp³-hybridized carbons (Fsp3) is 0.333. The van der Waals surface area contributed by atoms with E-state index in [1.807, 2.05) is 37.3 Å². The highest BCUT2D eigenvalue weighted by molar-refractivity contribution is 7.92. The lowest BCUT2D eigenvalue weighted by Crippen LogP contribution is -2.36. The lowest BCUT2D eigenvalue weighted by molar-refractivity contribution is 0.125. The molecule has 1 saturated carbocycles. The molecule has 3 atom stereocenters. The highest BCUT2D eigenvalue weighted by atomic mass is 32.2. The van der Waals surface area contributed by atoms with E-state index < -0.39 is 20.6 Å². The Balaban J connectivity index is 1.99. The van der Waals surface area contributed by atoms with E-state index in [-0.39, 0.29) is 12.5 Å². The molecule has 0 bridgehead atoms. The zero-order valence-corrected chi connectivity index (χ0v) is 13.9. The molecule has 2 aromatic carbocycles. The minimum atomic E-state index is -3.51. The minimum Gasteiger partial charge on any atom is -0.380 e. The van der Waals surface area contributed by atoms with Crippen molar-refractivity contribution in [2.75, 3.05) is 13.2 Å². The van der Waals surface area contributed by atoms with Crippen molar-refractivity contribution in [3.63, 3.8) is 0 Å². The third-order valence-electron chi connectivity index (χ3n) is 4.42. The molecule has 0 radical (unpaired) electrons. The molecule has 2 aromatic rings. The molecule has 0 aliphatic heterocycles. The van der Waals surface area contributed by atoms with Crippen molar-refractivity contribution in [1.82, 2.24) is 0 Å². The predicted octanol–water partition coefficient (Wildman–Crippen LogP) is 2.36. The molecule has 1 aliphatic carbocycles. The van der Waals surface area contributed by atoms with Gasteiger partial charge in [-0.25, -0.2) is 8.42 Å². The molecule has 0 spiro atoms. The van der Waals surface area contributed by atoms with Gasteiger partial charge in [-0.3, -0.25) is 0 Å². The molecule has 0 aromatic heterocycles. The van der Waals surface area contributed by atoms with Crippen LogP contribution in [-0.4, -0.2) is 32.4 Å². The molecule has 0 unspecified atom stereocenters. The maximum absolute atomic E-state index is 13.0. The van der Waals surface area contributed by atoms with Gasteiger partial charge in [-0.05, 0) is 24.6 Å². The average molecular weight is 331 g/mol. The quantitative estimate of drug-likeness (QED) is 0.882. The van der Waals surface area contributed by atoms with Gasteiger partial charge in [-0.2, -0.15) is 0 Å². The second-order valence-electron chi connectivity index (χ2n) is 5.92. The Morgan fingerprint density at radius 3 is 2.17 bits per heavy atom. The number of ether oxygens (including phenoxy) is 1. The van der Waals surface area contributed by atoms with Crippen molar-refractivity contribution in [3.8, 4) is 0 Å². The number of hydrogen-bond donors (Lipinski definition) is 1. The van der Waals surface area contributed by atoms with E-state index in [2.05, 4.69) is 0 Å². The van der Waals surface area contributed by atoms with Gasteiger partial charge in [-0.1, -0.05) is 48.5 Å². The lowest BCUT2D eigenvalue weighted by atomic mass is 10.1. The summed E-state index contributed by atoms with van der Waals surface area (Å²) < 4.78 is 31.5. The maximum Gasteiger partial charge on any atom is 0.183 e. The zero-order valence-electron chi connectivity index (χ0n) is 13.1. The van der Waals surface area contributed by atoms with Gasteiger partial charge in [0.25, 0.3) is 0 Å². The molecular weight excluding hydrogens is 310 g/mol. The highest BCUT2D eigenvalue weighted by Crippen LogP contribution is 2.55. The standard InChI is InChI=1S/C18H21NO3S/c1-2-22-13-18(19)16(14-9-5-3-6-10-14)17(18)23(20,21)15-11-7-4-8-12-15/h3-12,16-17H,2,13,19H2,1H3/t16-,17+,18-/m1/s1. The largest absolute Gasteiger partial charge is 0.380 e. The van der Waals surface area contributed by atoms with Crippen LogP contribution < -0.4 is 5.73 Å². The summed E-state index contributed by atoms with van der Waals surface area (Å²) in [5, 5.41) is -0.661. The Labute approximate surface area is 137 Å². The van der Waals surface area contributed by atoms with Gasteiger partial charge in [-0.15, -0.1) is 0 Å². The van der Waals surface area contributed by atoms with Crippen molar-refractivity contribution in [2.45, 2.75) is 28.5 Å². The van der Waals surface area contributed by atoms with Crippen LogP contribution in [0.15, 0.2) is 65.6 Å². The fourth-order valence-corrected chi connectivity index (χ4v) is 5.56. The van der Waals surface area contributed by atoms with Gasteiger partial charge in [0.05, 0.1) is 22.3 Å². The van der Waals surface area contributed by atoms with Gasteiger partial charge in [0.1, 0.15) is 0 Å². The van der Waals surface area contributed by atoms with Crippen molar-refractivity contribution in [2.24, 2.45) is 5.73 Å². The average Bonchev–Trinajstić information content (AvgIpc) is 3.22. The second kappa shape index (κ2) is 6.07. The van der Waals surface area contributed by atoms with Crippen LogP contribution in [0.2, 0.25) is 0 Å². The topological polar surface area (TPSA) is 69.4 Å². The van der Waals surface area contributed by atoms with Gasteiger partial charge in [0.2, 0.25) is 0 Å². The van der Waals surface area contributed by atoms with Crippen molar-refractivity contribution in [3.05, 3.63) is 66.2 Å². The number of rotatable bonds is 6. The molecule has 2 N–H and O–H groups in total. The summed E-state index contributed by atoms with van der Waals surface area (Å²) in [5.74, 6) is -0.250. The van der Waals surface area contributed by atoms with E-state index in [9.17, 15) is 8.42 Å². The van der Waals surface area contributed by atoms with Crippen LogP contribution in [0, 0.1) is 0 Å². The first-order chi connectivity index (χ1) is 11.0. The summed E-state index contributed by atoms with van der Waals surface area (Å²) in [6.45, 7) is 2.63. The van der Waals surface area contributed by atoms with E-state index in [1.54, 1.807) is 30.3 Å². The van der Waals surface area contributed by atoms with E-state index in [0.29, 0.717) is 11.5 Å². The summed E-state index contributed by atoms with van der Waals surface area (Å²) in [5.41, 5.74) is 6.53. The number of sulfone groups is 1. The lowest BCUT2D eigenvalue weighted by Gasteiger charge is -2.12. The van der Waals surface area contributed by atoms with Gasteiger partial charge in [0, 0.05) is 12.5 Å². The summed E-state index contributed by atoms with van der Waals surface area (Å²) in [6.07, 6.45) is 0. The Morgan fingerprint density at radius 2 is 1.61 bits per heavy atom. The van der Waals surface area contributed by atoms with Crippen molar-refractivity contribution >= 4 is 9.84 Å². The molecule has 4 nitrogen and oxygen atoms in total. The first-order valence-electron chi connectivity index (χ1n) is 7.72. The van der Waals surface area contributed by atoms with Crippen LogP contribution in [0.1, 0.15) is 18.4 Å². The van der Waals surface area contributed by atoms with Crippen LogP contribution >= 0.6 is 0 Å². The van der Waals surface area contributed by atoms with E-state index in [0.717, 1.165) is 5.56 Å². The highest BCUT2D eigenvalue weighted by Gasteiger charge is 2.69. The van der Waals surface area contributed by atoms with E-state index >= 15 is 0 Å². The van der Waals surface area contributed by atoms with Crippen LogP contribution in [0.4, 0.5) is 0 Å². The van der Waals surface area contributed by atoms with Crippen molar-refractivity contribution < 1.29 is 13.2 Å². The van der Waals surface area contributed by atoms with Crippen LogP contribution in [0.3, 0.4) is 0 Å². The monoisotopic (exact) mass is 331 g/mol. The normalized spacial score (nSPS) is 26.9. The summed E-state index contributed by atoms with van der Waals surface area (Å²) in [4.78, 5) is 0.315. The minimum absolute atomic E-state index is 0.236. The molecule has 3 rings (SSSR count). The van der Waals surface area contributed by atoms with Crippen LogP contribution in [-0.2, 0) is 14.6 Å². The molecule has 1 fully saturated rings. The molecule has 0 saturated heterocycles. The SMILES string of the molecule is CCOC[C@@]1(N)[C@H](c2ccccc2)[C@@H]1S(=O)(=O)c1ccccc1. The number of nitrogens with two attached hydrogens (primary N) is 1. The molecule has 23 heavy (non-hydrogen) atoms. The Morgan fingerprint density at radius 1 is 1.04 bits per heavy atom. The molecular formula is C18H21NO3S. The Hall–Kier alpha value is -1.69. The number of benzene rings is 2. The van der Waals surface area contributed by atoms with E-state index in [1.165, 1.54) is 0 Å². The number of hydrogen-bond acceptors (Lipinski definition) is 4. The molecule has 0 heterocycles. The molecule has 122 valence electrons. The first-order valence-corrected chi connectivity index (χ1v) is 9.27. The molecule has 0 amide bonds. The van der Waals surface area contributed by atoms with E-state index in [4.69, 9.17) is 10.5 Å². The van der Waals surface area contributed by atoms with Gasteiger partial charge in [0.15, 0.2) is 9.84 Å². The molecule has 1 aliphatic rings. The maximum atomic E-state index is 13.0.